The normalized spacial score (nSPS) is 27.2. The minimum atomic E-state index is -1.78. The highest BCUT2D eigenvalue weighted by Gasteiger charge is 2.51. The molecule has 12 atom stereocenters. The van der Waals surface area contributed by atoms with Gasteiger partial charge in [-0.05, 0) is 12.8 Å². The summed E-state index contributed by atoms with van der Waals surface area (Å²) in [4.78, 5) is 13.2. The number of carbonyl (C=O) groups is 1. The first-order valence-corrected chi connectivity index (χ1v) is 26.3. The second kappa shape index (κ2) is 37.9. The van der Waals surface area contributed by atoms with Crippen LogP contribution in [0.3, 0.4) is 0 Å². The molecule has 2 aliphatic heterocycles. The molecule has 0 aromatic rings. The van der Waals surface area contributed by atoms with Gasteiger partial charge >= 0.3 is 0 Å². The van der Waals surface area contributed by atoms with Gasteiger partial charge in [0.1, 0.15) is 48.8 Å². The highest BCUT2D eigenvalue weighted by molar-refractivity contribution is 5.76. The van der Waals surface area contributed by atoms with Crippen molar-refractivity contribution >= 4 is 5.91 Å². The van der Waals surface area contributed by atoms with Crippen LogP contribution in [0.15, 0.2) is 0 Å². The number of aliphatic hydroxyl groups is 8. The lowest BCUT2D eigenvalue weighted by molar-refractivity contribution is -0.359. The van der Waals surface area contributed by atoms with E-state index in [-0.39, 0.29) is 12.5 Å². The Bertz CT molecular complexity index is 1090. The van der Waals surface area contributed by atoms with Gasteiger partial charge in [0.05, 0.1) is 32.0 Å². The minimum absolute atomic E-state index is 0.205. The number of amides is 1. The number of nitrogens with one attached hydrogen (secondary N) is 1. The van der Waals surface area contributed by atoms with Crippen molar-refractivity contribution < 1.29 is 64.6 Å². The van der Waals surface area contributed by atoms with Crippen molar-refractivity contribution in [2.75, 3.05) is 19.8 Å². The van der Waals surface area contributed by atoms with Crippen molar-refractivity contribution in [3.05, 3.63) is 0 Å². The summed E-state index contributed by atoms with van der Waals surface area (Å²) in [5.41, 5.74) is 0. The SMILES string of the molecule is CCCCCCCCCCCCCCCCCCCCCCCC(=O)N[C@@H](CO[C@@H]1O[C@H](CO)[C@@H](O[C@@H]2O[C@H](CO)[C@H](O)C(O)C2O)C(O)C1O)[C@H](O)CCCCCCCCCCC. The Morgan fingerprint density at radius 3 is 1.33 bits per heavy atom. The van der Waals surface area contributed by atoms with Crippen LogP contribution in [-0.4, -0.2) is 140 Å². The van der Waals surface area contributed by atoms with Crippen LogP contribution in [0.25, 0.3) is 0 Å². The summed E-state index contributed by atoms with van der Waals surface area (Å²) in [5.74, 6) is -0.205. The topological polar surface area (TPSA) is 228 Å². The van der Waals surface area contributed by atoms with E-state index >= 15 is 0 Å². The molecule has 380 valence electrons. The molecule has 2 fully saturated rings. The molecule has 14 nitrogen and oxygen atoms in total. The molecule has 2 aliphatic rings. The van der Waals surface area contributed by atoms with Gasteiger partial charge in [0.25, 0.3) is 0 Å². The molecule has 4 unspecified atom stereocenters. The van der Waals surface area contributed by atoms with E-state index < -0.39 is 86.8 Å². The third-order valence-corrected chi connectivity index (χ3v) is 13.3. The smallest absolute Gasteiger partial charge is 0.220 e. The molecule has 2 heterocycles. The molecular formula is C50H97NO13. The number of hydrogen-bond acceptors (Lipinski definition) is 13. The lowest BCUT2D eigenvalue weighted by atomic mass is 9.97. The number of rotatable bonds is 41. The summed E-state index contributed by atoms with van der Waals surface area (Å²) < 4.78 is 22.7. The number of hydrogen-bond donors (Lipinski definition) is 9. The predicted molar refractivity (Wildman–Crippen MR) is 249 cm³/mol. The monoisotopic (exact) mass is 920 g/mol. The maximum absolute atomic E-state index is 13.2. The van der Waals surface area contributed by atoms with E-state index in [1.807, 2.05) is 0 Å². The highest BCUT2D eigenvalue weighted by Crippen LogP contribution is 2.30. The largest absolute Gasteiger partial charge is 0.394 e. The number of carbonyl (C=O) groups excluding carboxylic acids is 1. The zero-order valence-electron chi connectivity index (χ0n) is 40.3. The Morgan fingerprint density at radius 2 is 0.891 bits per heavy atom. The molecule has 0 aromatic carbocycles. The fourth-order valence-electron chi connectivity index (χ4n) is 9.00. The fraction of sp³-hybridized carbons (Fsp3) is 0.980. The Balaban J connectivity index is 1.74. The standard InChI is InChI=1S/C50H97NO13/c1-3-5-7-9-11-13-14-15-16-17-18-19-20-21-22-23-24-26-28-30-32-34-42(55)51-38(39(54)33-31-29-27-25-12-10-8-6-4-2)37-61-49-47(60)45(58)48(41(36-53)63-49)64-50-46(59)44(57)43(56)40(35-52)62-50/h38-41,43-50,52-54,56-60H,3-37H2,1-2H3,(H,51,55)/t38-,39+,40+,41+,43-,44?,45?,46?,47?,48+,49+,50-/m0/s1. The average Bonchev–Trinajstić information content (AvgIpc) is 3.29. The van der Waals surface area contributed by atoms with Crippen LogP contribution in [0, 0.1) is 0 Å². The summed E-state index contributed by atoms with van der Waals surface area (Å²) in [6, 6.07) is -0.819. The van der Waals surface area contributed by atoms with E-state index in [1.54, 1.807) is 0 Å². The van der Waals surface area contributed by atoms with Gasteiger partial charge in [0.15, 0.2) is 12.6 Å². The Labute approximate surface area is 387 Å². The van der Waals surface area contributed by atoms with E-state index in [0.29, 0.717) is 12.8 Å². The summed E-state index contributed by atoms with van der Waals surface area (Å²) >= 11 is 0. The molecule has 2 saturated heterocycles. The van der Waals surface area contributed by atoms with Gasteiger partial charge in [0, 0.05) is 6.42 Å². The molecule has 9 N–H and O–H groups in total. The third kappa shape index (κ3) is 24.8. The van der Waals surface area contributed by atoms with E-state index in [0.717, 1.165) is 51.4 Å². The van der Waals surface area contributed by atoms with E-state index in [1.165, 1.54) is 141 Å². The van der Waals surface area contributed by atoms with Crippen molar-refractivity contribution in [1.29, 1.82) is 0 Å². The van der Waals surface area contributed by atoms with Crippen LogP contribution in [0.2, 0.25) is 0 Å². The van der Waals surface area contributed by atoms with E-state index in [4.69, 9.17) is 18.9 Å². The highest BCUT2D eigenvalue weighted by atomic mass is 16.7. The van der Waals surface area contributed by atoms with Gasteiger partial charge in [-0.3, -0.25) is 4.79 Å². The average molecular weight is 920 g/mol. The second-order valence-corrected chi connectivity index (χ2v) is 19.0. The summed E-state index contributed by atoms with van der Waals surface area (Å²) in [5, 5.41) is 86.7. The van der Waals surface area contributed by atoms with Crippen LogP contribution in [0.5, 0.6) is 0 Å². The quantitative estimate of drug-likeness (QED) is 0.0282. The zero-order chi connectivity index (χ0) is 46.8. The molecule has 64 heavy (non-hydrogen) atoms. The summed E-state index contributed by atoms with van der Waals surface area (Å²) in [6.07, 6.45) is 21.2. The van der Waals surface area contributed by atoms with Gasteiger partial charge in [-0.2, -0.15) is 0 Å². The lowest BCUT2D eigenvalue weighted by Gasteiger charge is -2.46. The second-order valence-electron chi connectivity index (χ2n) is 19.0. The van der Waals surface area contributed by atoms with E-state index in [9.17, 15) is 45.6 Å². The maximum Gasteiger partial charge on any atom is 0.220 e. The van der Waals surface area contributed by atoms with Crippen molar-refractivity contribution in [3.63, 3.8) is 0 Å². The van der Waals surface area contributed by atoms with Crippen LogP contribution < -0.4 is 5.32 Å². The van der Waals surface area contributed by atoms with Gasteiger partial charge < -0.3 is 65.1 Å². The predicted octanol–water partition coefficient (Wildman–Crippen LogP) is 7.00. The van der Waals surface area contributed by atoms with Crippen molar-refractivity contribution in [3.8, 4) is 0 Å². The lowest BCUT2D eigenvalue weighted by Crippen LogP contribution is -2.65. The van der Waals surface area contributed by atoms with Crippen LogP contribution in [-0.2, 0) is 23.7 Å². The molecule has 1 amide bonds. The van der Waals surface area contributed by atoms with E-state index in [2.05, 4.69) is 19.2 Å². The van der Waals surface area contributed by atoms with Crippen LogP contribution in [0.1, 0.15) is 219 Å². The summed E-state index contributed by atoms with van der Waals surface area (Å²) in [6.45, 7) is 2.84. The van der Waals surface area contributed by atoms with Gasteiger partial charge in [-0.15, -0.1) is 0 Å². The molecule has 0 aromatic heterocycles. The molecule has 0 radical (unpaired) electrons. The van der Waals surface area contributed by atoms with Gasteiger partial charge in [-0.25, -0.2) is 0 Å². The summed E-state index contributed by atoms with van der Waals surface area (Å²) in [7, 11) is 0. The van der Waals surface area contributed by atoms with Crippen LogP contribution in [0.4, 0.5) is 0 Å². The molecule has 0 aliphatic carbocycles. The number of unbranched alkanes of at least 4 members (excludes halogenated alkanes) is 28. The number of aliphatic hydroxyl groups excluding tert-OH is 8. The minimum Gasteiger partial charge on any atom is -0.394 e. The van der Waals surface area contributed by atoms with Gasteiger partial charge in [-0.1, -0.05) is 200 Å². The molecule has 0 spiro atoms. The first-order chi connectivity index (χ1) is 31.1. The molecular weight excluding hydrogens is 823 g/mol. The van der Waals surface area contributed by atoms with Crippen LogP contribution >= 0.6 is 0 Å². The zero-order valence-corrected chi connectivity index (χ0v) is 40.3. The van der Waals surface area contributed by atoms with Gasteiger partial charge in [0.2, 0.25) is 5.91 Å². The third-order valence-electron chi connectivity index (χ3n) is 13.3. The molecule has 14 heteroatoms. The fourth-order valence-corrected chi connectivity index (χ4v) is 9.00. The Hall–Kier alpha value is -1.01. The number of ether oxygens (including phenoxy) is 4. The first-order valence-electron chi connectivity index (χ1n) is 26.3. The van der Waals surface area contributed by atoms with Crippen molar-refractivity contribution in [2.45, 2.75) is 293 Å². The van der Waals surface area contributed by atoms with Crippen molar-refractivity contribution in [2.24, 2.45) is 0 Å². The first kappa shape index (κ1) is 59.1. The Kier molecular flexibility index (Phi) is 35.0. The molecule has 0 bridgehead atoms. The maximum atomic E-state index is 13.2. The molecule has 0 saturated carbocycles. The Morgan fingerprint density at radius 1 is 0.500 bits per heavy atom. The van der Waals surface area contributed by atoms with Crippen molar-refractivity contribution in [1.82, 2.24) is 5.32 Å². The molecule has 2 rings (SSSR count).